The van der Waals surface area contributed by atoms with E-state index in [1.54, 1.807) is 11.3 Å². The third-order valence-corrected chi connectivity index (χ3v) is 11.0. The van der Waals surface area contributed by atoms with Crippen LogP contribution in [0.3, 0.4) is 0 Å². The van der Waals surface area contributed by atoms with Gasteiger partial charge in [-0.1, -0.05) is 158 Å². The number of aromatic nitrogens is 3. The molecule has 2 aromatic heterocycles. The Labute approximate surface area is 311 Å². The first-order valence-electron chi connectivity index (χ1n) is 17.7. The maximum absolute atomic E-state index is 5.15. The minimum absolute atomic E-state index is 0.686. The summed E-state index contributed by atoms with van der Waals surface area (Å²) in [5, 5.41) is 5.96. The van der Waals surface area contributed by atoms with Crippen LogP contribution >= 0.6 is 11.3 Å². The molecule has 10 rings (SSSR count). The molecule has 4 heteroatoms. The maximum Gasteiger partial charge on any atom is 0.160 e. The fourth-order valence-corrected chi connectivity index (χ4v) is 8.01. The summed E-state index contributed by atoms with van der Waals surface area (Å²) in [4.78, 5) is 15.2. The van der Waals surface area contributed by atoms with Gasteiger partial charge in [-0.05, 0) is 74.1 Å². The monoisotopic (exact) mass is 693 g/mol. The number of benzene rings is 8. The van der Waals surface area contributed by atoms with E-state index in [0.29, 0.717) is 5.82 Å². The summed E-state index contributed by atoms with van der Waals surface area (Å²) in [6, 6.07) is 66.5. The second kappa shape index (κ2) is 13.1. The Hall–Kier alpha value is -6.75. The van der Waals surface area contributed by atoms with Gasteiger partial charge < -0.3 is 0 Å². The lowest BCUT2D eigenvalue weighted by Crippen LogP contribution is -1.96. The molecule has 3 nitrogen and oxygen atoms in total. The molecule has 10 aromatic rings. The quantitative estimate of drug-likeness (QED) is 0.174. The van der Waals surface area contributed by atoms with E-state index < -0.39 is 0 Å². The zero-order valence-electron chi connectivity index (χ0n) is 28.6. The lowest BCUT2D eigenvalue weighted by atomic mass is 9.98. The third kappa shape index (κ3) is 6.05. The number of hydrogen-bond acceptors (Lipinski definition) is 4. The normalized spacial score (nSPS) is 11.4. The topological polar surface area (TPSA) is 38.7 Å². The SMILES string of the molecule is c1ccc2cc(-c3ccc(-c4cc(-c5ccc(-c6ccc7ccccc7c6)cc5)nc(-c5ccc(-c6nc7ccccc7s6)cc5)n4)cc3)ccc2c1. The Balaban J connectivity index is 1.02. The van der Waals surface area contributed by atoms with Crippen LogP contribution in [0.4, 0.5) is 0 Å². The summed E-state index contributed by atoms with van der Waals surface area (Å²) < 4.78 is 1.19. The second-order valence-corrected chi connectivity index (χ2v) is 14.3. The summed E-state index contributed by atoms with van der Waals surface area (Å²) >= 11 is 1.71. The zero-order chi connectivity index (χ0) is 35.1. The van der Waals surface area contributed by atoms with Gasteiger partial charge in [0.1, 0.15) is 5.01 Å². The number of nitrogens with zero attached hydrogens (tertiary/aromatic N) is 3. The van der Waals surface area contributed by atoms with Crippen molar-refractivity contribution in [1.82, 2.24) is 15.0 Å². The smallest absolute Gasteiger partial charge is 0.160 e. The Morgan fingerprint density at radius 3 is 1.28 bits per heavy atom. The molecule has 248 valence electrons. The first-order chi connectivity index (χ1) is 26.2. The number of rotatable bonds is 6. The molecule has 53 heavy (non-hydrogen) atoms. The van der Waals surface area contributed by atoms with Crippen molar-refractivity contribution in [3.63, 3.8) is 0 Å². The van der Waals surface area contributed by atoms with E-state index in [9.17, 15) is 0 Å². The van der Waals surface area contributed by atoms with Crippen molar-refractivity contribution in [2.45, 2.75) is 0 Å². The molecule has 0 fully saturated rings. The fraction of sp³-hybridized carbons (Fsp3) is 0. The van der Waals surface area contributed by atoms with E-state index in [2.05, 4.69) is 182 Å². The van der Waals surface area contributed by atoms with Gasteiger partial charge in [-0.2, -0.15) is 0 Å². The summed E-state index contributed by atoms with van der Waals surface area (Å²) in [7, 11) is 0. The van der Waals surface area contributed by atoms with Crippen molar-refractivity contribution in [1.29, 1.82) is 0 Å². The minimum Gasteiger partial charge on any atom is -0.236 e. The third-order valence-electron chi connectivity index (χ3n) is 9.94. The van der Waals surface area contributed by atoms with Gasteiger partial charge in [-0.25, -0.2) is 15.0 Å². The Morgan fingerprint density at radius 1 is 0.302 bits per heavy atom. The van der Waals surface area contributed by atoms with Crippen LogP contribution < -0.4 is 0 Å². The second-order valence-electron chi connectivity index (χ2n) is 13.3. The standard InChI is InChI=1S/C49H31N3S/c1-3-9-40-29-42(27-17-32(40)7-1)34-13-19-36(20-14-34)45-31-46(37-21-15-35(16-22-37)43-28-18-33-8-2-4-10-41(33)30-43)51-48(50-45)38-23-25-39(26-24-38)49-52-44-11-5-6-12-47(44)53-49/h1-31H. The predicted molar refractivity (Wildman–Crippen MR) is 223 cm³/mol. The molecule has 0 N–H and O–H groups in total. The molecule has 2 heterocycles. The zero-order valence-corrected chi connectivity index (χ0v) is 29.5. The van der Waals surface area contributed by atoms with Gasteiger partial charge in [0, 0.05) is 22.3 Å². The van der Waals surface area contributed by atoms with Gasteiger partial charge >= 0.3 is 0 Å². The molecule has 0 atom stereocenters. The van der Waals surface area contributed by atoms with Crippen molar-refractivity contribution >= 4 is 43.1 Å². The summed E-state index contributed by atoms with van der Waals surface area (Å²) in [5.74, 6) is 0.686. The highest BCUT2D eigenvalue weighted by atomic mass is 32.1. The van der Waals surface area contributed by atoms with E-state index >= 15 is 0 Å². The van der Waals surface area contributed by atoms with Crippen molar-refractivity contribution in [3.05, 3.63) is 188 Å². The lowest BCUT2D eigenvalue weighted by molar-refractivity contribution is 1.18. The van der Waals surface area contributed by atoms with Crippen LogP contribution in [0.15, 0.2) is 188 Å². The molecule has 0 aliphatic rings. The van der Waals surface area contributed by atoms with E-state index in [0.717, 1.165) is 44.2 Å². The molecule has 0 amide bonds. The average Bonchev–Trinajstić information content (AvgIpc) is 3.68. The van der Waals surface area contributed by atoms with Gasteiger partial charge in [0.25, 0.3) is 0 Å². The first-order valence-corrected chi connectivity index (χ1v) is 18.6. The summed E-state index contributed by atoms with van der Waals surface area (Å²) in [6.45, 7) is 0. The molecule has 0 spiro atoms. The lowest BCUT2D eigenvalue weighted by Gasteiger charge is -2.11. The molecule has 8 aromatic carbocycles. The van der Waals surface area contributed by atoms with Crippen LogP contribution in [0, 0.1) is 0 Å². The number of thiazole rings is 1. The van der Waals surface area contributed by atoms with Crippen molar-refractivity contribution < 1.29 is 0 Å². The average molecular weight is 694 g/mol. The van der Waals surface area contributed by atoms with Crippen molar-refractivity contribution in [3.8, 4) is 66.7 Å². The van der Waals surface area contributed by atoms with E-state index in [1.165, 1.54) is 48.5 Å². The van der Waals surface area contributed by atoms with Gasteiger partial charge in [0.05, 0.1) is 21.6 Å². The van der Waals surface area contributed by atoms with Gasteiger partial charge in [-0.15, -0.1) is 11.3 Å². The summed E-state index contributed by atoms with van der Waals surface area (Å²) in [6.07, 6.45) is 0. The molecule has 0 aliphatic carbocycles. The molecule has 0 unspecified atom stereocenters. The molecular weight excluding hydrogens is 663 g/mol. The van der Waals surface area contributed by atoms with Crippen LogP contribution in [0.2, 0.25) is 0 Å². The van der Waals surface area contributed by atoms with Crippen LogP contribution in [0.1, 0.15) is 0 Å². The highest BCUT2D eigenvalue weighted by Crippen LogP contribution is 2.34. The van der Waals surface area contributed by atoms with Crippen LogP contribution in [-0.4, -0.2) is 15.0 Å². The fourth-order valence-electron chi connectivity index (χ4n) is 7.03. The van der Waals surface area contributed by atoms with Gasteiger partial charge in [0.15, 0.2) is 5.82 Å². The molecule has 0 saturated heterocycles. The maximum atomic E-state index is 5.15. The van der Waals surface area contributed by atoms with Crippen LogP contribution in [-0.2, 0) is 0 Å². The highest BCUT2D eigenvalue weighted by molar-refractivity contribution is 7.21. The van der Waals surface area contributed by atoms with Crippen LogP contribution in [0.5, 0.6) is 0 Å². The van der Waals surface area contributed by atoms with Crippen LogP contribution in [0.25, 0.3) is 98.5 Å². The van der Waals surface area contributed by atoms with Crippen molar-refractivity contribution in [2.24, 2.45) is 0 Å². The molecule has 0 bridgehead atoms. The Morgan fingerprint density at radius 2 is 0.736 bits per heavy atom. The minimum atomic E-state index is 0.686. The van der Waals surface area contributed by atoms with Crippen molar-refractivity contribution in [2.75, 3.05) is 0 Å². The Bertz CT molecular complexity index is 2750. The predicted octanol–water partition coefficient (Wildman–Crippen LogP) is 13.4. The number of hydrogen-bond donors (Lipinski definition) is 0. The van der Waals surface area contributed by atoms with E-state index in [-0.39, 0.29) is 0 Å². The first kappa shape index (κ1) is 31.0. The van der Waals surface area contributed by atoms with E-state index in [4.69, 9.17) is 15.0 Å². The molecule has 0 radical (unpaired) electrons. The largest absolute Gasteiger partial charge is 0.236 e. The van der Waals surface area contributed by atoms with E-state index in [1.807, 2.05) is 6.07 Å². The van der Waals surface area contributed by atoms with Gasteiger partial charge in [-0.3, -0.25) is 0 Å². The molecular formula is C49H31N3S. The molecule has 0 aliphatic heterocycles. The highest BCUT2D eigenvalue weighted by Gasteiger charge is 2.13. The number of fused-ring (bicyclic) bond motifs is 3. The van der Waals surface area contributed by atoms with Gasteiger partial charge in [0.2, 0.25) is 0 Å². The number of para-hydroxylation sites is 1. The Kier molecular flexibility index (Phi) is 7.67. The summed E-state index contributed by atoms with van der Waals surface area (Å²) in [5.41, 5.74) is 11.6. The molecule has 0 saturated carbocycles.